The van der Waals surface area contributed by atoms with Crippen molar-refractivity contribution in [2.24, 2.45) is 23.7 Å². The molecule has 9 rings (SSSR count). The number of allylic oxidation sites excluding steroid dienone is 2. The summed E-state index contributed by atoms with van der Waals surface area (Å²) < 4.78 is 52.3. The fourth-order valence-electron chi connectivity index (χ4n) is 10.0. The van der Waals surface area contributed by atoms with E-state index >= 15 is 9.59 Å². The highest BCUT2D eigenvalue weighted by molar-refractivity contribution is 6.33. The fourth-order valence-corrected chi connectivity index (χ4v) is 10.4. The number of hydrazine groups is 1. The lowest BCUT2D eigenvalue weighted by molar-refractivity contribution is -0.139. The van der Waals surface area contributed by atoms with Crippen LogP contribution in [0.25, 0.3) is 0 Å². The number of para-hydroxylation sites is 1. The molecular formula is C44H38Cl2F3N5O7. The number of pyridine rings is 1. The number of fused-ring (bicyclic) bond motifs is 4. The maximum atomic E-state index is 15.5. The number of alkyl halides is 3. The molecule has 0 radical (unpaired) electrons. The number of rotatable bonds is 9. The molecule has 1 aromatic heterocycles. The van der Waals surface area contributed by atoms with Gasteiger partial charge in [0.25, 0.3) is 11.8 Å². The van der Waals surface area contributed by atoms with E-state index in [2.05, 4.69) is 15.3 Å². The minimum absolute atomic E-state index is 0.0501. The number of hydrogen-bond acceptors (Lipinski definition) is 10. The van der Waals surface area contributed by atoms with Gasteiger partial charge in [-0.05, 0) is 72.9 Å². The van der Waals surface area contributed by atoms with Crippen LogP contribution in [0.4, 0.5) is 30.4 Å². The highest BCUT2D eigenvalue weighted by Gasteiger charge is 2.71. The van der Waals surface area contributed by atoms with E-state index in [0.717, 1.165) is 10.7 Å². The second kappa shape index (κ2) is 15.8. The number of aliphatic hydroxyl groups excluding tert-OH is 1. The summed E-state index contributed by atoms with van der Waals surface area (Å²) in [5.74, 6) is -6.96. The first-order valence-corrected chi connectivity index (χ1v) is 20.6. The van der Waals surface area contributed by atoms with Crippen molar-refractivity contribution >= 4 is 64.0 Å². The number of hydrogen-bond donors (Lipinski definition) is 2. The zero-order valence-electron chi connectivity index (χ0n) is 32.3. The first kappa shape index (κ1) is 40.9. The number of ether oxygens (including phenoxy) is 2. The molecule has 61 heavy (non-hydrogen) atoms. The first-order valence-electron chi connectivity index (χ1n) is 19.8. The topological polar surface area (TPSA) is 142 Å². The predicted molar refractivity (Wildman–Crippen MR) is 218 cm³/mol. The number of carbonyl (C=O) groups is 4. The van der Waals surface area contributed by atoms with Gasteiger partial charge in [-0.25, -0.2) is 4.98 Å². The third-order valence-electron chi connectivity index (χ3n) is 12.6. The number of halogens is 5. The average molecular weight is 877 g/mol. The van der Waals surface area contributed by atoms with Crippen LogP contribution < -0.4 is 20.0 Å². The summed E-state index contributed by atoms with van der Waals surface area (Å²) in [5, 5.41) is 10.4. The van der Waals surface area contributed by atoms with E-state index < -0.39 is 69.5 Å². The van der Waals surface area contributed by atoms with Crippen molar-refractivity contribution in [3.05, 3.63) is 123 Å². The maximum absolute atomic E-state index is 15.5. The van der Waals surface area contributed by atoms with Gasteiger partial charge in [-0.15, -0.1) is 0 Å². The van der Waals surface area contributed by atoms with Gasteiger partial charge in [0.1, 0.15) is 12.4 Å². The Morgan fingerprint density at radius 2 is 1.61 bits per heavy atom. The van der Waals surface area contributed by atoms with E-state index in [1.54, 1.807) is 60.7 Å². The van der Waals surface area contributed by atoms with Crippen LogP contribution in [0.15, 0.2) is 96.7 Å². The highest BCUT2D eigenvalue weighted by Crippen LogP contribution is 2.65. The molecule has 3 aliphatic heterocycles. The SMILES string of the molecule is O=C1C2CC3C(=CCC4C(=O)N(c5ccc(N6CCOCC6)cc5)C(=O)C43)C(c3ccccc3OCCO)C2(c2ccc(Cl)cc2)C(=O)N1Nc1ncc(C(F)(F)F)cc1Cl. The number of aliphatic hydroxyl groups is 1. The van der Waals surface area contributed by atoms with E-state index in [1.807, 2.05) is 18.2 Å². The fraction of sp³-hybridized carbons (Fsp3) is 0.341. The van der Waals surface area contributed by atoms with Gasteiger partial charge in [-0.3, -0.25) is 29.5 Å². The predicted octanol–water partition coefficient (Wildman–Crippen LogP) is 6.80. The maximum Gasteiger partial charge on any atom is 0.417 e. The largest absolute Gasteiger partial charge is 0.491 e. The minimum atomic E-state index is -4.76. The Labute approximate surface area is 357 Å². The van der Waals surface area contributed by atoms with Crippen LogP contribution in [0.2, 0.25) is 10.0 Å². The van der Waals surface area contributed by atoms with Gasteiger partial charge in [0.2, 0.25) is 11.8 Å². The Balaban J connectivity index is 1.17. The molecule has 4 heterocycles. The Bertz CT molecular complexity index is 2450. The highest BCUT2D eigenvalue weighted by atomic mass is 35.5. The van der Waals surface area contributed by atoms with Crippen molar-refractivity contribution in [2.45, 2.75) is 30.4 Å². The Kier molecular flexibility index (Phi) is 10.6. The summed E-state index contributed by atoms with van der Waals surface area (Å²) in [5.41, 5.74) is 2.62. The van der Waals surface area contributed by atoms with Gasteiger partial charge < -0.3 is 19.5 Å². The number of carbonyl (C=O) groups excluding carboxylic acids is 4. The van der Waals surface area contributed by atoms with Crippen molar-refractivity contribution in [1.29, 1.82) is 0 Å². The van der Waals surface area contributed by atoms with Crippen molar-refractivity contribution in [3.8, 4) is 5.75 Å². The number of benzene rings is 3. The lowest BCUT2D eigenvalue weighted by Gasteiger charge is -2.50. The number of imide groups is 2. The molecule has 4 aromatic rings. The number of morpholine rings is 1. The van der Waals surface area contributed by atoms with Gasteiger partial charge >= 0.3 is 6.18 Å². The van der Waals surface area contributed by atoms with Gasteiger partial charge in [0.05, 0.1) is 59.3 Å². The Morgan fingerprint density at radius 3 is 2.30 bits per heavy atom. The summed E-state index contributed by atoms with van der Waals surface area (Å²) in [6, 6.07) is 21.3. The van der Waals surface area contributed by atoms with Gasteiger partial charge in [0, 0.05) is 41.5 Å². The zero-order valence-corrected chi connectivity index (χ0v) is 33.8. The van der Waals surface area contributed by atoms with Crippen molar-refractivity contribution in [3.63, 3.8) is 0 Å². The van der Waals surface area contributed by atoms with Crippen LogP contribution in [0.1, 0.15) is 35.4 Å². The molecule has 17 heteroatoms. The molecule has 12 nitrogen and oxygen atoms in total. The molecule has 0 bridgehead atoms. The van der Waals surface area contributed by atoms with E-state index in [-0.39, 0.29) is 37.8 Å². The summed E-state index contributed by atoms with van der Waals surface area (Å²) in [4.78, 5) is 66.9. The third kappa shape index (κ3) is 6.73. The molecule has 2 N–H and O–H groups in total. The summed E-state index contributed by atoms with van der Waals surface area (Å²) in [7, 11) is 0. The van der Waals surface area contributed by atoms with Gasteiger partial charge in [-0.1, -0.05) is 65.2 Å². The lowest BCUT2D eigenvalue weighted by Crippen LogP contribution is -2.53. The van der Waals surface area contributed by atoms with E-state index in [0.29, 0.717) is 71.7 Å². The van der Waals surface area contributed by atoms with Crippen LogP contribution in [0.3, 0.4) is 0 Å². The standard InChI is InChI=1S/C44H38Cl2F3N5O7/c45-26-7-5-24(6-8-26)43-33(40(57)54(42(43)59)51-38-34(46)21-25(23-50-38)44(47,48)49)22-32-29(37(43)30-3-1-2-4-35(30)61-20-17-55)13-14-31-36(32)41(58)53(39(31)56)28-11-9-27(10-12-28)52-15-18-60-19-16-52/h1-13,21,23,31-33,36-37,55H,14-20,22H2,(H,50,51). The van der Waals surface area contributed by atoms with Crippen LogP contribution >= 0.6 is 23.2 Å². The normalized spacial score (nSPS) is 26.2. The van der Waals surface area contributed by atoms with Crippen LogP contribution in [-0.4, -0.2) is 78.2 Å². The molecule has 4 amide bonds. The molecule has 3 aromatic carbocycles. The van der Waals surface area contributed by atoms with Crippen molar-refractivity contribution in [2.75, 3.05) is 54.7 Å². The van der Waals surface area contributed by atoms with Crippen molar-refractivity contribution in [1.82, 2.24) is 9.99 Å². The summed E-state index contributed by atoms with van der Waals surface area (Å²) >= 11 is 12.7. The molecule has 0 spiro atoms. The zero-order chi connectivity index (χ0) is 42.8. The van der Waals surface area contributed by atoms with E-state index in [9.17, 15) is 27.9 Å². The molecular weight excluding hydrogens is 838 g/mol. The second-order valence-corrected chi connectivity index (χ2v) is 16.5. The van der Waals surface area contributed by atoms with Crippen LogP contribution in [-0.2, 0) is 35.5 Å². The minimum Gasteiger partial charge on any atom is -0.491 e. The van der Waals surface area contributed by atoms with Crippen LogP contribution in [0, 0.1) is 23.7 Å². The third-order valence-corrected chi connectivity index (χ3v) is 13.2. The summed E-state index contributed by atoms with van der Waals surface area (Å²) in [6.07, 6.45) is -2.21. The molecule has 6 unspecified atom stereocenters. The Morgan fingerprint density at radius 1 is 0.902 bits per heavy atom. The monoisotopic (exact) mass is 875 g/mol. The molecule has 2 aliphatic carbocycles. The quantitative estimate of drug-likeness (QED) is 0.136. The number of amides is 4. The van der Waals surface area contributed by atoms with Gasteiger partial charge in [-0.2, -0.15) is 18.2 Å². The average Bonchev–Trinajstić information content (AvgIpc) is 3.64. The number of anilines is 3. The molecule has 1 saturated carbocycles. The van der Waals surface area contributed by atoms with E-state index in [1.165, 1.54) is 4.90 Å². The molecule has 5 aliphatic rings. The molecule has 4 fully saturated rings. The smallest absolute Gasteiger partial charge is 0.417 e. The molecule has 316 valence electrons. The van der Waals surface area contributed by atoms with E-state index in [4.69, 9.17) is 32.7 Å². The van der Waals surface area contributed by atoms with Crippen molar-refractivity contribution < 1.29 is 46.9 Å². The number of nitrogens with one attached hydrogen (secondary N) is 1. The number of nitrogens with zero attached hydrogens (tertiary/aromatic N) is 4. The number of aromatic nitrogens is 1. The van der Waals surface area contributed by atoms with Gasteiger partial charge in [0.15, 0.2) is 5.82 Å². The first-order chi connectivity index (χ1) is 29.3. The Hall–Kier alpha value is -5.48. The lowest BCUT2D eigenvalue weighted by atomic mass is 9.49. The molecule has 3 saturated heterocycles. The second-order valence-electron chi connectivity index (χ2n) is 15.7. The summed E-state index contributed by atoms with van der Waals surface area (Å²) in [6.45, 7) is 2.17. The molecule has 6 atom stereocenters. The van der Waals surface area contributed by atoms with Crippen LogP contribution in [0.5, 0.6) is 5.75 Å².